The number of likely N-dealkylation sites (N-methyl/N-ethyl adjacent to an activating group) is 1. The van der Waals surface area contributed by atoms with E-state index in [4.69, 9.17) is 0 Å². The molecule has 98 valence electrons. The Morgan fingerprint density at radius 1 is 1.44 bits per heavy atom. The molecule has 1 aromatic carbocycles. The van der Waals surface area contributed by atoms with E-state index < -0.39 is 0 Å². The van der Waals surface area contributed by atoms with Gasteiger partial charge in [0, 0.05) is 13.6 Å². The fourth-order valence-corrected chi connectivity index (χ4v) is 2.34. The van der Waals surface area contributed by atoms with E-state index in [1.54, 1.807) is 24.1 Å². The number of amides is 1. The van der Waals surface area contributed by atoms with Crippen molar-refractivity contribution in [3.05, 3.63) is 35.6 Å². The zero-order valence-electron chi connectivity index (χ0n) is 10.8. The summed E-state index contributed by atoms with van der Waals surface area (Å²) in [5, 5.41) is 3.23. The molecule has 1 amide bonds. The topological polar surface area (TPSA) is 32.3 Å². The minimum atomic E-state index is -0.251. The van der Waals surface area contributed by atoms with Crippen LogP contribution < -0.4 is 5.32 Å². The van der Waals surface area contributed by atoms with Gasteiger partial charge in [0.1, 0.15) is 5.82 Å². The summed E-state index contributed by atoms with van der Waals surface area (Å²) in [5.74, 6) is 0.247. The highest BCUT2D eigenvalue weighted by Gasteiger charge is 2.31. The largest absolute Gasteiger partial charge is 0.340 e. The van der Waals surface area contributed by atoms with Gasteiger partial charge in [-0.05, 0) is 36.6 Å². The second kappa shape index (κ2) is 5.48. The summed E-state index contributed by atoms with van der Waals surface area (Å²) in [7, 11) is 1.79. The van der Waals surface area contributed by atoms with Crippen molar-refractivity contribution in [2.45, 2.75) is 25.9 Å². The van der Waals surface area contributed by atoms with Crippen molar-refractivity contribution in [1.29, 1.82) is 0 Å². The van der Waals surface area contributed by atoms with Crippen LogP contribution in [0.5, 0.6) is 0 Å². The van der Waals surface area contributed by atoms with Gasteiger partial charge < -0.3 is 10.2 Å². The van der Waals surface area contributed by atoms with Gasteiger partial charge in [-0.2, -0.15) is 0 Å². The molecule has 3 nitrogen and oxygen atoms in total. The van der Waals surface area contributed by atoms with Crippen LogP contribution in [0.1, 0.15) is 18.9 Å². The van der Waals surface area contributed by atoms with Gasteiger partial charge in [-0.25, -0.2) is 4.39 Å². The lowest BCUT2D eigenvalue weighted by atomic mass is 10.0. The van der Waals surface area contributed by atoms with Crippen molar-refractivity contribution < 1.29 is 9.18 Å². The average Bonchev–Trinajstić information content (AvgIpc) is 2.77. The number of nitrogens with zero attached hydrogens (tertiary/aromatic N) is 1. The molecular formula is C14H19FN2O. The Kier molecular flexibility index (Phi) is 3.97. The molecule has 1 N–H and O–H groups in total. The van der Waals surface area contributed by atoms with Crippen molar-refractivity contribution in [3.63, 3.8) is 0 Å². The van der Waals surface area contributed by atoms with Crippen molar-refractivity contribution in [2.24, 2.45) is 5.92 Å². The Morgan fingerprint density at radius 2 is 2.11 bits per heavy atom. The number of halogens is 1. The third-order valence-electron chi connectivity index (χ3n) is 3.51. The van der Waals surface area contributed by atoms with E-state index in [1.807, 2.05) is 0 Å². The van der Waals surface area contributed by atoms with Crippen LogP contribution in [0.3, 0.4) is 0 Å². The SMILES string of the molecule is CC1CCNC1C(=O)N(C)Cc1ccc(F)cc1. The lowest BCUT2D eigenvalue weighted by Crippen LogP contribution is -2.43. The quantitative estimate of drug-likeness (QED) is 0.887. The summed E-state index contributed by atoms with van der Waals surface area (Å²) < 4.78 is 12.8. The molecule has 0 radical (unpaired) electrons. The highest BCUT2D eigenvalue weighted by Crippen LogP contribution is 2.17. The third-order valence-corrected chi connectivity index (χ3v) is 3.51. The van der Waals surface area contributed by atoms with Gasteiger partial charge in [-0.3, -0.25) is 4.79 Å². The fraction of sp³-hybridized carbons (Fsp3) is 0.500. The summed E-state index contributed by atoms with van der Waals surface area (Å²) in [6, 6.07) is 6.19. The lowest BCUT2D eigenvalue weighted by Gasteiger charge is -2.23. The number of hydrogen-bond acceptors (Lipinski definition) is 2. The number of carbonyl (C=O) groups excluding carboxylic acids is 1. The molecule has 1 fully saturated rings. The molecule has 0 spiro atoms. The Balaban J connectivity index is 1.97. The highest BCUT2D eigenvalue weighted by atomic mass is 19.1. The molecule has 1 saturated heterocycles. The molecule has 2 rings (SSSR count). The molecular weight excluding hydrogens is 231 g/mol. The van der Waals surface area contributed by atoms with Gasteiger partial charge in [0.05, 0.1) is 6.04 Å². The summed E-state index contributed by atoms with van der Waals surface area (Å²) in [6.45, 7) is 3.51. The minimum Gasteiger partial charge on any atom is -0.340 e. The first-order valence-electron chi connectivity index (χ1n) is 6.30. The predicted octanol–water partition coefficient (Wildman–Crippen LogP) is 1.78. The summed E-state index contributed by atoms with van der Waals surface area (Å²) in [6.07, 6.45) is 1.04. The maximum absolute atomic E-state index is 12.8. The molecule has 1 heterocycles. The van der Waals surface area contributed by atoms with Crippen LogP contribution in [0.25, 0.3) is 0 Å². The van der Waals surface area contributed by atoms with E-state index in [0.29, 0.717) is 12.5 Å². The van der Waals surface area contributed by atoms with Gasteiger partial charge in [0.25, 0.3) is 0 Å². The standard InChI is InChI=1S/C14H19FN2O/c1-10-7-8-16-13(10)14(18)17(2)9-11-3-5-12(15)6-4-11/h3-6,10,13,16H,7-9H2,1-2H3. The summed E-state index contributed by atoms with van der Waals surface area (Å²) >= 11 is 0. The Hall–Kier alpha value is -1.42. The molecule has 4 heteroatoms. The van der Waals surface area contributed by atoms with Gasteiger partial charge in [-0.15, -0.1) is 0 Å². The summed E-state index contributed by atoms with van der Waals surface area (Å²) in [5.41, 5.74) is 0.943. The third kappa shape index (κ3) is 2.88. The van der Waals surface area contributed by atoms with E-state index in [0.717, 1.165) is 18.5 Å². The van der Waals surface area contributed by atoms with Crippen LogP contribution >= 0.6 is 0 Å². The number of carbonyl (C=O) groups is 1. The van der Waals surface area contributed by atoms with Crippen LogP contribution in [0.15, 0.2) is 24.3 Å². The second-order valence-corrected chi connectivity index (χ2v) is 5.02. The van der Waals surface area contributed by atoms with E-state index >= 15 is 0 Å². The highest BCUT2D eigenvalue weighted by molar-refractivity contribution is 5.82. The van der Waals surface area contributed by atoms with Crippen molar-refractivity contribution in [2.75, 3.05) is 13.6 Å². The van der Waals surface area contributed by atoms with E-state index in [-0.39, 0.29) is 17.8 Å². The molecule has 2 unspecified atom stereocenters. The van der Waals surface area contributed by atoms with E-state index in [2.05, 4.69) is 12.2 Å². The monoisotopic (exact) mass is 250 g/mol. The van der Waals surface area contributed by atoms with Gasteiger partial charge in [0.15, 0.2) is 0 Å². The first-order valence-corrected chi connectivity index (χ1v) is 6.30. The first-order chi connectivity index (χ1) is 8.58. The fourth-order valence-electron chi connectivity index (χ4n) is 2.34. The van der Waals surface area contributed by atoms with Crippen LogP contribution in [0, 0.1) is 11.7 Å². The molecule has 1 aromatic rings. The lowest BCUT2D eigenvalue weighted by molar-refractivity contribution is -0.133. The van der Waals surface area contributed by atoms with Gasteiger partial charge in [0.2, 0.25) is 5.91 Å². The molecule has 1 aliphatic heterocycles. The average molecular weight is 250 g/mol. The molecule has 2 atom stereocenters. The number of hydrogen-bond donors (Lipinski definition) is 1. The Labute approximate surface area is 107 Å². The van der Waals surface area contributed by atoms with Crippen LogP contribution in [0.4, 0.5) is 4.39 Å². The first kappa shape index (κ1) is 13.0. The molecule has 0 aromatic heterocycles. The van der Waals surface area contributed by atoms with E-state index in [1.165, 1.54) is 12.1 Å². The smallest absolute Gasteiger partial charge is 0.240 e. The summed E-state index contributed by atoms with van der Waals surface area (Å²) in [4.78, 5) is 13.9. The Bertz CT molecular complexity index is 418. The normalized spacial score (nSPS) is 23.1. The number of nitrogens with one attached hydrogen (secondary N) is 1. The Morgan fingerprint density at radius 3 is 2.67 bits per heavy atom. The molecule has 0 aliphatic carbocycles. The van der Waals surface area contributed by atoms with Crippen molar-refractivity contribution in [1.82, 2.24) is 10.2 Å². The second-order valence-electron chi connectivity index (χ2n) is 5.02. The van der Waals surface area contributed by atoms with E-state index in [9.17, 15) is 9.18 Å². The number of rotatable bonds is 3. The van der Waals surface area contributed by atoms with Crippen LogP contribution in [-0.2, 0) is 11.3 Å². The molecule has 1 aliphatic rings. The van der Waals surface area contributed by atoms with Gasteiger partial charge in [-0.1, -0.05) is 19.1 Å². The minimum absolute atomic E-state index is 0.0737. The van der Waals surface area contributed by atoms with Crippen molar-refractivity contribution >= 4 is 5.91 Å². The zero-order chi connectivity index (χ0) is 13.1. The maximum atomic E-state index is 12.8. The number of benzene rings is 1. The predicted molar refractivity (Wildman–Crippen MR) is 68.4 cm³/mol. The van der Waals surface area contributed by atoms with Gasteiger partial charge >= 0.3 is 0 Å². The molecule has 0 bridgehead atoms. The zero-order valence-corrected chi connectivity index (χ0v) is 10.8. The maximum Gasteiger partial charge on any atom is 0.240 e. The molecule has 18 heavy (non-hydrogen) atoms. The van der Waals surface area contributed by atoms with Crippen LogP contribution in [0.2, 0.25) is 0 Å². The van der Waals surface area contributed by atoms with Crippen LogP contribution in [-0.4, -0.2) is 30.4 Å². The molecule has 0 saturated carbocycles. The van der Waals surface area contributed by atoms with Crippen molar-refractivity contribution in [3.8, 4) is 0 Å².